The SMILES string of the molecule is Nc1cccc(CC(=O)Nc2cccc(Cl)n2)c1. The Morgan fingerprint density at radius 2 is 2.06 bits per heavy atom. The molecular weight excluding hydrogens is 250 g/mol. The van der Waals surface area contributed by atoms with Crippen molar-refractivity contribution in [2.45, 2.75) is 6.42 Å². The molecule has 1 aromatic carbocycles. The lowest BCUT2D eigenvalue weighted by molar-refractivity contribution is -0.115. The fraction of sp³-hybridized carbons (Fsp3) is 0.0769. The van der Waals surface area contributed by atoms with Crippen LogP contribution in [0.1, 0.15) is 5.56 Å². The molecule has 0 aliphatic rings. The summed E-state index contributed by atoms with van der Waals surface area (Å²) in [6.45, 7) is 0. The highest BCUT2D eigenvalue weighted by atomic mass is 35.5. The first-order valence-corrected chi connectivity index (χ1v) is 5.78. The normalized spacial score (nSPS) is 10.1. The van der Waals surface area contributed by atoms with Crippen molar-refractivity contribution in [2.75, 3.05) is 11.1 Å². The van der Waals surface area contributed by atoms with Crippen LogP contribution in [0, 0.1) is 0 Å². The maximum atomic E-state index is 11.8. The fourth-order valence-corrected chi connectivity index (χ4v) is 1.72. The second-order valence-electron chi connectivity index (χ2n) is 3.82. The second kappa shape index (κ2) is 5.51. The van der Waals surface area contributed by atoms with Crippen LogP contribution in [0.15, 0.2) is 42.5 Å². The lowest BCUT2D eigenvalue weighted by atomic mass is 10.1. The zero-order chi connectivity index (χ0) is 13.0. The van der Waals surface area contributed by atoms with E-state index in [1.54, 1.807) is 30.3 Å². The van der Waals surface area contributed by atoms with Gasteiger partial charge in [-0.05, 0) is 29.8 Å². The monoisotopic (exact) mass is 261 g/mol. The lowest BCUT2D eigenvalue weighted by Crippen LogP contribution is -2.15. The van der Waals surface area contributed by atoms with Crippen molar-refractivity contribution in [2.24, 2.45) is 0 Å². The molecule has 0 atom stereocenters. The van der Waals surface area contributed by atoms with Crippen LogP contribution in [0.25, 0.3) is 0 Å². The Kier molecular flexibility index (Phi) is 3.79. The van der Waals surface area contributed by atoms with Gasteiger partial charge in [0.05, 0.1) is 6.42 Å². The van der Waals surface area contributed by atoms with Gasteiger partial charge >= 0.3 is 0 Å². The summed E-state index contributed by atoms with van der Waals surface area (Å²) >= 11 is 5.73. The van der Waals surface area contributed by atoms with Gasteiger partial charge in [-0.3, -0.25) is 4.79 Å². The van der Waals surface area contributed by atoms with Crippen LogP contribution in [0.3, 0.4) is 0 Å². The predicted molar refractivity (Wildman–Crippen MR) is 72.4 cm³/mol. The number of hydrogen-bond donors (Lipinski definition) is 2. The molecule has 1 amide bonds. The van der Waals surface area contributed by atoms with E-state index < -0.39 is 0 Å². The first-order chi connectivity index (χ1) is 8.63. The summed E-state index contributed by atoms with van der Waals surface area (Å²) in [5, 5.41) is 3.02. The van der Waals surface area contributed by atoms with Gasteiger partial charge in [0.15, 0.2) is 0 Å². The minimum absolute atomic E-state index is 0.157. The minimum atomic E-state index is -0.157. The summed E-state index contributed by atoms with van der Waals surface area (Å²) < 4.78 is 0. The first-order valence-electron chi connectivity index (χ1n) is 5.40. The van der Waals surface area contributed by atoms with Gasteiger partial charge in [0, 0.05) is 5.69 Å². The summed E-state index contributed by atoms with van der Waals surface area (Å²) in [7, 11) is 0. The van der Waals surface area contributed by atoms with E-state index in [0.717, 1.165) is 5.56 Å². The maximum absolute atomic E-state index is 11.8. The average Bonchev–Trinajstić information content (AvgIpc) is 2.28. The highest BCUT2D eigenvalue weighted by Crippen LogP contribution is 2.11. The van der Waals surface area contributed by atoms with Crippen molar-refractivity contribution in [1.82, 2.24) is 4.98 Å². The van der Waals surface area contributed by atoms with Crippen molar-refractivity contribution < 1.29 is 4.79 Å². The summed E-state index contributed by atoms with van der Waals surface area (Å²) in [6, 6.07) is 12.3. The molecule has 0 radical (unpaired) electrons. The van der Waals surface area contributed by atoms with Crippen LogP contribution in [-0.4, -0.2) is 10.9 Å². The van der Waals surface area contributed by atoms with Gasteiger partial charge in [0.2, 0.25) is 5.91 Å². The number of rotatable bonds is 3. The molecular formula is C13H12ClN3O. The predicted octanol–water partition coefficient (Wildman–Crippen LogP) is 2.50. The number of pyridine rings is 1. The summed E-state index contributed by atoms with van der Waals surface area (Å²) in [6.07, 6.45) is 0.249. The number of nitrogens with one attached hydrogen (secondary N) is 1. The summed E-state index contributed by atoms with van der Waals surface area (Å²) in [5.41, 5.74) is 7.14. The van der Waals surface area contributed by atoms with Crippen molar-refractivity contribution in [3.8, 4) is 0 Å². The third kappa shape index (κ3) is 3.46. The van der Waals surface area contributed by atoms with Crippen LogP contribution < -0.4 is 11.1 Å². The second-order valence-corrected chi connectivity index (χ2v) is 4.20. The third-order valence-electron chi connectivity index (χ3n) is 2.30. The molecule has 4 nitrogen and oxygen atoms in total. The number of hydrogen-bond acceptors (Lipinski definition) is 3. The summed E-state index contributed by atoms with van der Waals surface area (Å²) in [5.74, 6) is 0.284. The average molecular weight is 262 g/mol. The molecule has 92 valence electrons. The van der Waals surface area contributed by atoms with Gasteiger partial charge < -0.3 is 11.1 Å². The molecule has 0 unspecified atom stereocenters. The standard InChI is InChI=1S/C13H12ClN3O/c14-11-5-2-6-12(16-11)17-13(18)8-9-3-1-4-10(15)7-9/h1-7H,8,15H2,(H,16,17,18). The highest BCUT2D eigenvalue weighted by molar-refractivity contribution is 6.29. The van der Waals surface area contributed by atoms with Crippen LogP contribution in [-0.2, 0) is 11.2 Å². The Balaban J connectivity index is 2.01. The number of aromatic nitrogens is 1. The van der Waals surface area contributed by atoms with E-state index in [2.05, 4.69) is 10.3 Å². The number of carbonyl (C=O) groups is 1. The number of halogens is 1. The zero-order valence-electron chi connectivity index (χ0n) is 9.56. The fourth-order valence-electron chi connectivity index (χ4n) is 1.55. The molecule has 0 bridgehead atoms. The molecule has 0 spiro atoms. The van der Waals surface area contributed by atoms with Crippen LogP contribution in [0.4, 0.5) is 11.5 Å². The van der Waals surface area contributed by atoms with E-state index >= 15 is 0 Å². The molecule has 1 heterocycles. The topological polar surface area (TPSA) is 68.0 Å². The molecule has 1 aromatic heterocycles. The minimum Gasteiger partial charge on any atom is -0.399 e. The highest BCUT2D eigenvalue weighted by Gasteiger charge is 2.05. The Bertz CT molecular complexity index is 522. The molecule has 3 N–H and O–H groups in total. The third-order valence-corrected chi connectivity index (χ3v) is 2.51. The number of nitrogen functional groups attached to an aromatic ring is 1. The van der Waals surface area contributed by atoms with Crippen molar-refractivity contribution in [3.63, 3.8) is 0 Å². The lowest BCUT2D eigenvalue weighted by Gasteiger charge is -2.05. The van der Waals surface area contributed by atoms with Crippen molar-refractivity contribution in [3.05, 3.63) is 53.2 Å². The molecule has 5 heteroatoms. The van der Waals surface area contributed by atoms with Gasteiger partial charge in [-0.2, -0.15) is 0 Å². The first kappa shape index (κ1) is 12.4. The molecule has 0 aliphatic heterocycles. The molecule has 2 aromatic rings. The number of nitrogens with zero attached hydrogens (tertiary/aromatic N) is 1. The van der Waals surface area contributed by atoms with Gasteiger partial charge in [-0.25, -0.2) is 4.98 Å². The molecule has 2 rings (SSSR count). The smallest absolute Gasteiger partial charge is 0.229 e. The van der Waals surface area contributed by atoms with Crippen molar-refractivity contribution in [1.29, 1.82) is 0 Å². The number of carbonyl (C=O) groups excluding carboxylic acids is 1. The zero-order valence-corrected chi connectivity index (χ0v) is 10.3. The van der Waals surface area contributed by atoms with Gasteiger partial charge in [0.1, 0.15) is 11.0 Å². The number of amides is 1. The Morgan fingerprint density at radius 3 is 2.78 bits per heavy atom. The quantitative estimate of drug-likeness (QED) is 0.659. The Hall–Kier alpha value is -2.07. The van der Waals surface area contributed by atoms with Crippen LogP contribution >= 0.6 is 11.6 Å². The summed E-state index contributed by atoms with van der Waals surface area (Å²) in [4.78, 5) is 15.8. The number of benzene rings is 1. The molecule has 18 heavy (non-hydrogen) atoms. The van der Waals surface area contributed by atoms with E-state index in [0.29, 0.717) is 16.7 Å². The van der Waals surface area contributed by atoms with E-state index in [9.17, 15) is 4.79 Å². The Labute approximate surface area is 110 Å². The van der Waals surface area contributed by atoms with E-state index in [4.69, 9.17) is 17.3 Å². The maximum Gasteiger partial charge on any atom is 0.229 e. The van der Waals surface area contributed by atoms with Gasteiger partial charge in [-0.1, -0.05) is 29.8 Å². The van der Waals surface area contributed by atoms with E-state index in [1.165, 1.54) is 0 Å². The van der Waals surface area contributed by atoms with Crippen LogP contribution in [0.2, 0.25) is 5.15 Å². The molecule has 0 aliphatic carbocycles. The van der Waals surface area contributed by atoms with Gasteiger partial charge in [0.25, 0.3) is 0 Å². The van der Waals surface area contributed by atoms with Gasteiger partial charge in [-0.15, -0.1) is 0 Å². The molecule has 0 saturated carbocycles. The largest absolute Gasteiger partial charge is 0.399 e. The van der Waals surface area contributed by atoms with E-state index in [1.807, 2.05) is 12.1 Å². The van der Waals surface area contributed by atoms with E-state index in [-0.39, 0.29) is 12.3 Å². The van der Waals surface area contributed by atoms with Crippen molar-refractivity contribution >= 4 is 29.0 Å². The van der Waals surface area contributed by atoms with Crippen LogP contribution in [0.5, 0.6) is 0 Å². The molecule has 0 fully saturated rings. The molecule has 0 saturated heterocycles. The number of nitrogens with two attached hydrogens (primary N) is 1. The number of anilines is 2. The Morgan fingerprint density at radius 1 is 1.28 bits per heavy atom.